The van der Waals surface area contributed by atoms with Crippen LogP contribution in [0.3, 0.4) is 0 Å². The van der Waals surface area contributed by atoms with Gasteiger partial charge in [-0.15, -0.1) is 0 Å². The van der Waals surface area contributed by atoms with Gasteiger partial charge in [0.25, 0.3) is 0 Å². The number of likely N-dealkylation sites (tertiary alicyclic amines) is 1. The number of carbonyl (C=O) groups excluding carboxylic acids is 2. The van der Waals surface area contributed by atoms with Crippen LogP contribution in [0.1, 0.15) is 43.6 Å². The molecule has 0 bridgehead atoms. The van der Waals surface area contributed by atoms with E-state index in [0.717, 1.165) is 37.4 Å². The topological polar surface area (TPSA) is 65.2 Å². The van der Waals surface area contributed by atoms with Crippen molar-refractivity contribution in [2.75, 3.05) is 19.6 Å². The molecule has 2 N–H and O–H groups in total. The molecule has 0 radical (unpaired) electrons. The van der Waals surface area contributed by atoms with E-state index in [1.54, 1.807) is 17.0 Å². The first kappa shape index (κ1) is 22.5. The van der Waals surface area contributed by atoms with E-state index >= 15 is 0 Å². The van der Waals surface area contributed by atoms with Gasteiger partial charge in [-0.25, -0.2) is 13.2 Å². The molecule has 8 heteroatoms. The number of nitrogens with one attached hydrogen (secondary N) is 2. The second-order valence-corrected chi connectivity index (χ2v) is 9.30. The maximum absolute atomic E-state index is 14.5. The van der Waals surface area contributed by atoms with Gasteiger partial charge in [0, 0.05) is 43.9 Å². The first-order valence-electron chi connectivity index (χ1n) is 11.7. The normalized spacial score (nSPS) is 20.1. The number of amides is 2. The van der Waals surface area contributed by atoms with Crippen molar-refractivity contribution in [1.82, 2.24) is 15.2 Å². The minimum atomic E-state index is -0.663. The van der Waals surface area contributed by atoms with Crippen LogP contribution in [0.15, 0.2) is 36.4 Å². The lowest BCUT2D eigenvalue weighted by Crippen LogP contribution is -2.37. The number of carbonyl (C=O) groups is 2. The molecular formula is C26H26F3N3O2. The second-order valence-electron chi connectivity index (χ2n) is 9.30. The van der Waals surface area contributed by atoms with Crippen molar-refractivity contribution >= 4 is 22.7 Å². The molecule has 1 aliphatic heterocycles. The molecule has 0 unspecified atom stereocenters. The van der Waals surface area contributed by atoms with E-state index in [-0.39, 0.29) is 41.4 Å². The summed E-state index contributed by atoms with van der Waals surface area (Å²) < 4.78 is 42.0. The van der Waals surface area contributed by atoms with E-state index in [4.69, 9.17) is 0 Å². The molecule has 1 aromatic heterocycles. The molecule has 5 nitrogen and oxygen atoms in total. The third-order valence-corrected chi connectivity index (χ3v) is 7.01. The predicted octanol–water partition coefficient (Wildman–Crippen LogP) is 4.87. The number of fused-ring (bicyclic) bond motifs is 1. The molecule has 2 heterocycles. The summed E-state index contributed by atoms with van der Waals surface area (Å²) in [4.78, 5) is 28.7. The lowest BCUT2D eigenvalue weighted by Gasteiger charge is -2.36. The smallest absolute Gasteiger partial charge is 0.222 e. The van der Waals surface area contributed by atoms with Crippen LogP contribution in [0.25, 0.3) is 22.2 Å². The zero-order valence-corrected chi connectivity index (χ0v) is 18.7. The van der Waals surface area contributed by atoms with E-state index in [0.29, 0.717) is 36.2 Å². The van der Waals surface area contributed by atoms with Gasteiger partial charge in [0.1, 0.15) is 17.5 Å². The fourth-order valence-corrected chi connectivity index (χ4v) is 5.17. The minimum Gasteiger partial charge on any atom is -0.356 e. The number of nitrogens with zero attached hydrogens (tertiary/aromatic N) is 1. The Morgan fingerprint density at radius 1 is 1.09 bits per heavy atom. The maximum Gasteiger partial charge on any atom is 0.222 e. The van der Waals surface area contributed by atoms with Gasteiger partial charge in [0.05, 0.1) is 11.2 Å². The van der Waals surface area contributed by atoms with Gasteiger partial charge >= 0.3 is 0 Å². The summed E-state index contributed by atoms with van der Waals surface area (Å²) in [6.07, 6.45) is 3.24. The molecule has 5 rings (SSSR count). The molecule has 2 aliphatic rings. The number of rotatable bonds is 7. The van der Waals surface area contributed by atoms with E-state index in [1.165, 1.54) is 18.2 Å². The van der Waals surface area contributed by atoms with E-state index in [2.05, 4.69) is 10.3 Å². The minimum absolute atomic E-state index is 0.0686. The molecule has 178 valence electrons. The fourth-order valence-electron chi connectivity index (χ4n) is 5.17. The highest BCUT2D eigenvalue weighted by molar-refractivity contribution is 5.92. The predicted molar refractivity (Wildman–Crippen MR) is 123 cm³/mol. The molecule has 3 aromatic rings. The van der Waals surface area contributed by atoms with Gasteiger partial charge in [-0.2, -0.15) is 0 Å². The van der Waals surface area contributed by atoms with Crippen LogP contribution in [0.5, 0.6) is 0 Å². The summed E-state index contributed by atoms with van der Waals surface area (Å²) in [6.45, 7) is 1.70. The monoisotopic (exact) mass is 469 g/mol. The average Bonchev–Trinajstić information content (AvgIpc) is 3.35. The third-order valence-electron chi connectivity index (χ3n) is 7.01. The van der Waals surface area contributed by atoms with E-state index in [1.807, 2.05) is 0 Å². The molecule has 2 amide bonds. The Morgan fingerprint density at radius 3 is 2.56 bits per heavy atom. The molecule has 2 aromatic carbocycles. The molecule has 1 saturated carbocycles. The fraction of sp³-hybridized carbons (Fsp3) is 0.385. The van der Waals surface area contributed by atoms with Gasteiger partial charge in [-0.1, -0.05) is 0 Å². The van der Waals surface area contributed by atoms with Crippen LogP contribution in [-0.2, 0) is 9.59 Å². The van der Waals surface area contributed by atoms with Crippen molar-refractivity contribution in [2.24, 2.45) is 5.92 Å². The SMILES string of the molecule is O=C(CCN1CCCC1=O)NC[C@H]1C[C@@H](c2c(-c3ccc(F)cc3)[nH]c3c(F)cc(F)cc32)C1. The van der Waals surface area contributed by atoms with Gasteiger partial charge in [0.15, 0.2) is 0 Å². The van der Waals surface area contributed by atoms with Crippen LogP contribution in [0.2, 0.25) is 0 Å². The Kier molecular flexibility index (Phi) is 6.06. The van der Waals surface area contributed by atoms with Crippen LogP contribution in [0, 0.1) is 23.4 Å². The first-order valence-corrected chi connectivity index (χ1v) is 11.7. The highest BCUT2D eigenvalue weighted by Crippen LogP contribution is 2.48. The number of hydrogen-bond acceptors (Lipinski definition) is 2. The summed E-state index contributed by atoms with van der Waals surface area (Å²) in [5.74, 6) is -1.32. The highest BCUT2D eigenvalue weighted by atomic mass is 19.1. The second kappa shape index (κ2) is 9.16. The number of benzene rings is 2. The molecule has 0 spiro atoms. The van der Waals surface area contributed by atoms with E-state index < -0.39 is 11.6 Å². The Balaban J connectivity index is 1.27. The van der Waals surface area contributed by atoms with Crippen molar-refractivity contribution in [3.05, 3.63) is 59.4 Å². The molecule has 1 saturated heterocycles. The van der Waals surface area contributed by atoms with Crippen molar-refractivity contribution < 1.29 is 22.8 Å². The summed E-state index contributed by atoms with van der Waals surface area (Å²) in [6, 6.07) is 8.13. The van der Waals surface area contributed by atoms with Crippen molar-refractivity contribution in [3.63, 3.8) is 0 Å². The van der Waals surface area contributed by atoms with Crippen molar-refractivity contribution in [1.29, 1.82) is 0 Å². The van der Waals surface area contributed by atoms with Crippen LogP contribution in [-0.4, -0.2) is 41.3 Å². The maximum atomic E-state index is 14.5. The number of hydrogen-bond donors (Lipinski definition) is 2. The summed E-state index contributed by atoms with van der Waals surface area (Å²) in [7, 11) is 0. The zero-order valence-electron chi connectivity index (χ0n) is 18.7. The van der Waals surface area contributed by atoms with Crippen LogP contribution < -0.4 is 5.32 Å². The van der Waals surface area contributed by atoms with Crippen LogP contribution in [0.4, 0.5) is 13.2 Å². The number of halogens is 3. The van der Waals surface area contributed by atoms with Crippen molar-refractivity contribution in [3.8, 4) is 11.3 Å². The lowest BCUT2D eigenvalue weighted by molar-refractivity contribution is -0.128. The summed E-state index contributed by atoms with van der Waals surface area (Å²) in [5.41, 5.74) is 2.45. The highest BCUT2D eigenvalue weighted by Gasteiger charge is 2.35. The Morgan fingerprint density at radius 2 is 1.85 bits per heavy atom. The average molecular weight is 470 g/mol. The largest absolute Gasteiger partial charge is 0.356 e. The molecule has 34 heavy (non-hydrogen) atoms. The Labute approximate surface area is 195 Å². The molecule has 2 fully saturated rings. The van der Waals surface area contributed by atoms with Crippen molar-refractivity contribution in [2.45, 2.75) is 38.0 Å². The first-order chi connectivity index (χ1) is 16.4. The molecule has 0 atom stereocenters. The van der Waals surface area contributed by atoms with Gasteiger partial charge in [-0.3, -0.25) is 9.59 Å². The number of aromatic nitrogens is 1. The lowest BCUT2D eigenvalue weighted by atomic mass is 9.70. The number of aromatic amines is 1. The quantitative estimate of drug-likeness (QED) is 0.518. The molecular weight excluding hydrogens is 443 g/mol. The van der Waals surface area contributed by atoms with E-state index in [9.17, 15) is 22.8 Å². The van der Waals surface area contributed by atoms with Crippen LogP contribution >= 0.6 is 0 Å². The van der Waals surface area contributed by atoms with Gasteiger partial charge in [-0.05, 0) is 72.6 Å². The Bertz CT molecular complexity index is 1230. The van der Waals surface area contributed by atoms with Gasteiger partial charge < -0.3 is 15.2 Å². The standard InChI is InChI=1S/C26H26F3N3O2/c27-18-5-3-16(4-6-18)25-24(20-12-19(28)13-21(29)26(20)31-25)17-10-15(11-17)14-30-22(33)7-9-32-8-1-2-23(32)34/h3-6,12-13,15,17,31H,1-2,7-11,14H2,(H,30,33)/t15-,17+. The third kappa shape index (κ3) is 4.41. The summed E-state index contributed by atoms with van der Waals surface area (Å²) in [5, 5.41) is 3.45. The molecule has 1 aliphatic carbocycles. The zero-order chi connectivity index (χ0) is 23.8. The summed E-state index contributed by atoms with van der Waals surface area (Å²) >= 11 is 0. The van der Waals surface area contributed by atoms with Gasteiger partial charge in [0.2, 0.25) is 11.8 Å². The Hall–Kier alpha value is -3.29. The number of H-pyrrole nitrogens is 1.